The number of nitrogens with one attached hydrogen (secondary N) is 1. The van der Waals surface area contributed by atoms with Gasteiger partial charge in [0.15, 0.2) is 4.90 Å². The zero-order valence-corrected chi connectivity index (χ0v) is 20.8. The molecule has 10 heteroatoms. The molecule has 0 radical (unpaired) electrons. The average molecular weight is 523 g/mol. The predicted molar refractivity (Wildman–Crippen MR) is 130 cm³/mol. The van der Waals surface area contributed by atoms with E-state index in [1.54, 1.807) is 32.0 Å². The first-order valence-corrected chi connectivity index (χ1v) is 12.2. The molecule has 0 aliphatic rings. The van der Waals surface area contributed by atoms with Gasteiger partial charge in [0.2, 0.25) is 5.91 Å². The Hall–Kier alpha value is -3.08. The third-order valence-corrected chi connectivity index (χ3v) is 7.03. The number of halogens is 4. The van der Waals surface area contributed by atoms with Gasteiger partial charge in [-0.25, -0.2) is 4.39 Å². The normalized spacial score (nSPS) is 12.6. The summed E-state index contributed by atoms with van der Waals surface area (Å²) in [5.74, 6) is -0.337. The number of benzene rings is 3. The molecule has 0 fully saturated rings. The van der Waals surface area contributed by atoms with Crippen LogP contribution in [0, 0.1) is 5.82 Å². The fourth-order valence-electron chi connectivity index (χ4n) is 3.45. The van der Waals surface area contributed by atoms with Crippen LogP contribution in [-0.2, 0) is 28.9 Å². The van der Waals surface area contributed by atoms with Gasteiger partial charge in [-0.3, -0.25) is 4.79 Å². The molecule has 1 atom stereocenters. The van der Waals surface area contributed by atoms with Crippen LogP contribution < -0.4 is 10.1 Å². The van der Waals surface area contributed by atoms with Crippen molar-refractivity contribution in [2.24, 2.45) is 0 Å². The molecule has 0 aliphatic carbocycles. The lowest BCUT2D eigenvalue weighted by molar-refractivity contribution is -0.137. The van der Waals surface area contributed by atoms with Gasteiger partial charge in [-0.1, -0.05) is 18.2 Å². The van der Waals surface area contributed by atoms with Crippen molar-refractivity contribution in [2.75, 3.05) is 13.7 Å². The van der Waals surface area contributed by atoms with E-state index in [9.17, 15) is 26.9 Å². The first-order valence-electron chi connectivity index (χ1n) is 11.0. The number of carbonyl (C=O) groups excluding carboxylic acids is 1. The molecule has 36 heavy (non-hydrogen) atoms. The molecular formula is C26H26F4N2O3S. The molecule has 0 saturated carbocycles. The van der Waals surface area contributed by atoms with Gasteiger partial charge in [0, 0.05) is 12.1 Å². The summed E-state index contributed by atoms with van der Waals surface area (Å²) < 4.78 is 71.7. The zero-order chi connectivity index (χ0) is 26.5. The van der Waals surface area contributed by atoms with Crippen molar-refractivity contribution in [1.29, 1.82) is 0 Å². The van der Waals surface area contributed by atoms with Crippen molar-refractivity contribution in [3.63, 3.8) is 0 Å². The Kier molecular flexibility index (Phi) is 8.99. The summed E-state index contributed by atoms with van der Waals surface area (Å²) in [7, 11) is 1.46. The number of nitrogens with zero attached hydrogens (tertiary/aromatic N) is 1. The van der Waals surface area contributed by atoms with Gasteiger partial charge >= 0.3 is 6.18 Å². The van der Waals surface area contributed by atoms with E-state index >= 15 is 0 Å². The minimum atomic E-state index is -4.43. The molecule has 0 heterocycles. The van der Waals surface area contributed by atoms with Crippen LogP contribution in [0.2, 0.25) is 0 Å². The molecule has 3 rings (SSSR count). The van der Waals surface area contributed by atoms with Crippen LogP contribution in [-0.4, -0.2) is 34.5 Å². The summed E-state index contributed by atoms with van der Waals surface area (Å²) in [5.41, 5.74) is 1.07. The summed E-state index contributed by atoms with van der Waals surface area (Å²) >= 11 is -1.66. The topological polar surface area (TPSA) is 64.6 Å². The van der Waals surface area contributed by atoms with Gasteiger partial charge in [-0.2, -0.15) is 13.2 Å². The van der Waals surface area contributed by atoms with E-state index in [0.29, 0.717) is 27.3 Å². The Morgan fingerprint density at radius 3 is 2.25 bits per heavy atom. The molecular weight excluding hydrogens is 496 g/mol. The number of carbonyl (C=O) groups is 1. The summed E-state index contributed by atoms with van der Waals surface area (Å²) in [6.07, 6.45) is -4.43. The summed E-state index contributed by atoms with van der Waals surface area (Å²) in [5, 5.41) is 2.78. The SMILES string of the molecule is COc1ccc(CNC(=O)CN(C(C)C)[S+]([O-])c2ccc(F)cc2)cc1-c1ccc(C(F)(F)F)cc1. The lowest BCUT2D eigenvalue weighted by Gasteiger charge is -2.26. The van der Waals surface area contributed by atoms with E-state index in [0.717, 1.165) is 12.1 Å². The van der Waals surface area contributed by atoms with Crippen LogP contribution in [0.5, 0.6) is 5.75 Å². The number of hydrogen-bond acceptors (Lipinski definition) is 4. The smallest absolute Gasteiger partial charge is 0.416 e. The number of rotatable bonds is 9. The maximum absolute atomic E-state index is 13.2. The number of hydrogen-bond donors (Lipinski definition) is 1. The van der Waals surface area contributed by atoms with Gasteiger partial charge in [0.25, 0.3) is 0 Å². The van der Waals surface area contributed by atoms with Crippen molar-refractivity contribution in [1.82, 2.24) is 9.62 Å². The summed E-state index contributed by atoms with van der Waals surface area (Å²) in [6, 6.07) is 14.9. The summed E-state index contributed by atoms with van der Waals surface area (Å²) in [4.78, 5) is 13.0. The minimum Gasteiger partial charge on any atom is -0.593 e. The molecule has 0 saturated heterocycles. The second-order valence-corrected chi connectivity index (χ2v) is 9.70. The Morgan fingerprint density at radius 1 is 1.06 bits per heavy atom. The largest absolute Gasteiger partial charge is 0.593 e. The van der Waals surface area contributed by atoms with Crippen molar-refractivity contribution >= 4 is 17.3 Å². The van der Waals surface area contributed by atoms with E-state index in [1.165, 1.54) is 47.8 Å². The Morgan fingerprint density at radius 2 is 1.69 bits per heavy atom. The molecule has 5 nitrogen and oxygen atoms in total. The molecule has 0 aliphatic heterocycles. The second-order valence-electron chi connectivity index (χ2n) is 8.26. The predicted octanol–water partition coefficient (Wildman–Crippen LogP) is 5.57. The molecule has 0 aromatic heterocycles. The fourth-order valence-corrected chi connectivity index (χ4v) is 4.70. The molecule has 1 unspecified atom stereocenters. The van der Waals surface area contributed by atoms with E-state index in [1.807, 2.05) is 0 Å². The molecule has 0 spiro atoms. The van der Waals surface area contributed by atoms with Gasteiger partial charge in [-0.15, -0.1) is 4.31 Å². The monoisotopic (exact) mass is 522 g/mol. The lowest BCUT2D eigenvalue weighted by atomic mass is 10.0. The van der Waals surface area contributed by atoms with Crippen LogP contribution in [0.3, 0.4) is 0 Å². The number of amides is 1. The fraction of sp³-hybridized carbons (Fsp3) is 0.269. The molecule has 192 valence electrons. The molecule has 3 aromatic carbocycles. The van der Waals surface area contributed by atoms with Crippen molar-refractivity contribution in [3.05, 3.63) is 83.7 Å². The Labute approximate surface area is 210 Å². The highest BCUT2D eigenvalue weighted by atomic mass is 32.2. The van der Waals surface area contributed by atoms with Crippen molar-refractivity contribution < 1.29 is 31.6 Å². The quantitative estimate of drug-likeness (QED) is 0.295. The van der Waals surface area contributed by atoms with Gasteiger partial charge in [-0.05, 0) is 73.5 Å². The Balaban J connectivity index is 1.70. The van der Waals surface area contributed by atoms with Crippen molar-refractivity contribution in [2.45, 2.75) is 37.5 Å². The van der Waals surface area contributed by atoms with Gasteiger partial charge in [0.1, 0.15) is 18.1 Å². The summed E-state index contributed by atoms with van der Waals surface area (Å²) in [6.45, 7) is 3.60. The van der Waals surface area contributed by atoms with E-state index in [4.69, 9.17) is 4.74 Å². The first kappa shape index (κ1) is 27.5. The maximum Gasteiger partial charge on any atom is 0.416 e. The molecule has 0 bridgehead atoms. The number of ether oxygens (including phenoxy) is 1. The lowest BCUT2D eigenvalue weighted by Crippen LogP contribution is -2.44. The average Bonchev–Trinajstić information content (AvgIpc) is 2.85. The van der Waals surface area contributed by atoms with Crippen LogP contribution >= 0.6 is 0 Å². The third-order valence-electron chi connectivity index (χ3n) is 5.38. The zero-order valence-electron chi connectivity index (χ0n) is 19.9. The minimum absolute atomic E-state index is 0.144. The standard InChI is InChI=1S/C26H26F4N2O3S/c1-17(2)32(36(34)22-11-9-21(27)10-12-22)16-25(33)31-15-18-4-13-24(35-3)23(14-18)19-5-7-20(8-6-19)26(28,29)30/h4-14,17H,15-16H2,1-3H3,(H,31,33). The third kappa shape index (κ3) is 6.99. The van der Waals surface area contributed by atoms with Crippen LogP contribution in [0.25, 0.3) is 11.1 Å². The van der Waals surface area contributed by atoms with Crippen LogP contribution in [0.4, 0.5) is 17.6 Å². The van der Waals surface area contributed by atoms with Crippen molar-refractivity contribution in [3.8, 4) is 16.9 Å². The maximum atomic E-state index is 13.2. The van der Waals surface area contributed by atoms with E-state index in [-0.39, 0.29) is 25.0 Å². The Bertz CT molecular complexity index is 1170. The number of methoxy groups -OCH3 is 1. The number of alkyl halides is 3. The molecule has 1 N–H and O–H groups in total. The highest BCUT2D eigenvalue weighted by Gasteiger charge is 2.30. The van der Waals surface area contributed by atoms with E-state index < -0.39 is 28.9 Å². The second kappa shape index (κ2) is 11.8. The van der Waals surface area contributed by atoms with Crippen LogP contribution in [0.1, 0.15) is 25.0 Å². The van der Waals surface area contributed by atoms with Gasteiger partial charge in [0.05, 0.1) is 30.1 Å². The highest BCUT2D eigenvalue weighted by Crippen LogP contribution is 2.34. The first-order chi connectivity index (χ1) is 17.0. The van der Waals surface area contributed by atoms with E-state index in [2.05, 4.69) is 5.32 Å². The highest BCUT2D eigenvalue weighted by molar-refractivity contribution is 7.89. The van der Waals surface area contributed by atoms with Crippen LogP contribution in [0.15, 0.2) is 71.6 Å². The molecule has 1 amide bonds. The molecule has 3 aromatic rings. The van der Waals surface area contributed by atoms with Gasteiger partial charge < -0.3 is 14.6 Å².